The van der Waals surface area contributed by atoms with Crippen LogP contribution in [0.2, 0.25) is 0 Å². The number of amides is 2. The van der Waals surface area contributed by atoms with Gasteiger partial charge < -0.3 is 10.6 Å². The Bertz CT molecular complexity index is 546. The van der Waals surface area contributed by atoms with Crippen molar-refractivity contribution in [1.82, 2.24) is 4.90 Å². The number of benzene rings is 1. The maximum absolute atomic E-state index is 12.3. The summed E-state index contributed by atoms with van der Waals surface area (Å²) in [6.45, 7) is 5.69. The molecule has 2 amide bonds. The van der Waals surface area contributed by atoms with Crippen molar-refractivity contribution in [2.45, 2.75) is 46.0 Å². The number of nitrogens with zero attached hydrogens (tertiary/aromatic N) is 1. The van der Waals surface area contributed by atoms with Crippen molar-refractivity contribution in [1.29, 1.82) is 0 Å². The second kappa shape index (κ2) is 7.43. The molecule has 4 heteroatoms. The van der Waals surface area contributed by atoms with E-state index < -0.39 is 0 Å². The third kappa shape index (κ3) is 4.58. The van der Waals surface area contributed by atoms with Gasteiger partial charge in [-0.25, -0.2) is 0 Å². The van der Waals surface area contributed by atoms with Crippen LogP contribution in [0, 0.1) is 19.8 Å². The van der Waals surface area contributed by atoms with E-state index in [-0.39, 0.29) is 11.8 Å². The van der Waals surface area contributed by atoms with E-state index in [1.165, 1.54) is 16.7 Å². The van der Waals surface area contributed by atoms with Gasteiger partial charge in [0.1, 0.15) is 0 Å². The summed E-state index contributed by atoms with van der Waals surface area (Å²) in [5.74, 6) is 0.331. The average molecular weight is 302 g/mol. The van der Waals surface area contributed by atoms with Crippen molar-refractivity contribution in [3.63, 3.8) is 0 Å². The van der Waals surface area contributed by atoms with Gasteiger partial charge in [0.15, 0.2) is 0 Å². The topological polar surface area (TPSA) is 63.4 Å². The van der Waals surface area contributed by atoms with E-state index in [9.17, 15) is 9.59 Å². The van der Waals surface area contributed by atoms with Gasteiger partial charge in [-0.1, -0.05) is 23.8 Å². The molecule has 1 aromatic rings. The number of nitrogens with two attached hydrogens (primary N) is 1. The standard InChI is InChI=1S/C18H26N2O2/c1-13-3-4-16(14(2)11-13)5-6-18(22)20-9-7-15(8-10-20)12-17(19)21/h3-4,11,15H,5-10,12H2,1-2H3,(H2,19,21). The molecule has 0 aromatic heterocycles. The summed E-state index contributed by atoms with van der Waals surface area (Å²) in [4.78, 5) is 25.2. The second-order valence-corrected chi connectivity index (χ2v) is 6.42. The van der Waals surface area contributed by atoms with Crippen molar-refractivity contribution < 1.29 is 9.59 Å². The number of rotatable bonds is 5. The molecule has 0 aliphatic carbocycles. The highest BCUT2D eigenvalue weighted by atomic mass is 16.2. The van der Waals surface area contributed by atoms with Crippen LogP contribution in [0.5, 0.6) is 0 Å². The third-order valence-corrected chi connectivity index (χ3v) is 4.56. The first kappa shape index (κ1) is 16.5. The summed E-state index contributed by atoms with van der Waals surface area (Å²) in [5.41, 5.74) is 9.00. The molecule has 0 unspecified atom stereocenters. The molecule has 0 atom stereocenters. The predicted molar refractivity (Wildman–Crippen MR) is 87.4 cm³/mol. The molecule has 1 heterocycles. The van der Waals surface area contributed by atoms with Crippen LogP contribution in [0.4, 0.5) is 0 Å². The Hall–Kier alpha value is -1.84. The van der Waals surface area contributed by atoms with E-state index in [0.717, 1.165) is 32.4 Å². The predicted octanol–water partition coefficient (Wildman–Crippen LogP) is 2.35. The first-order chi connectivity index (χ1) is 10.5. The van der Waals surface area contributed by atoms with Crippen LogP contribution in [0.1, 0.15) is 42.4 Å². The Kier molecular flexibility index (Phi) is 5.58. The van der Waals surface area contributed by atoms with Crippen LogP contribution in [0.3, 0.4) is 0 Å². The van der Waals surface area contributed by atoms with E-state index in [1.807, 2.05) is 4.90 Å². The third-order valence-electron chi connectivity index (χ3n) is 4.56. The van der Waals surface area contributed by atoms with Crippen molar-refractivity contribution in [2.24, 2.45) is 11.7 Å². The molecule has 0 radical (unpaired) electrons. The number of hydrogen-bond acceptors (Lipinski definition) is 2. The molecule has 1 aliphatic rings. The minimum atomic E-state index is -0.236. The molecule has 1 saturated heterocycles. The molecule has 2 N–H and O–H groups in total. The average Bonchev–Trinajstić information content (AvgIpc) is 2.46. The summed E-state index contributed by atoms with van der Waals surface area (Å²) in [5, 5.41) is 0. The Morgan fingerprint density at radius 1 is 1.23 bits per heavy atom. The monoisotopic (exact) mass is 302 g/mol. The van der Waals surface area contributed by atoms with Gasteiger partial charge in [0, 0.05) is 25.9 Å². The molecule has 120 valence electrons. The fourth-order valence-electron chi connectivity index (χ4n) is 3.20. The number of primary amides is 1. The van der Waals surface area contributed by atoms with Crippen LogP contribution in [0.15, 0.2) is 18.2 Å². The van der Waals surface area contributed by atoms with Crippen molar-refractivity contribution in [3.05, 3.63) is 34.9 Å². The Morgan fingerprint density at radius 2 is 1.91 bits per heavy atom. The summed E-state index contributed by atoms with van der Waals surface area (Å²) in [6.07, 6.45) is 3.58. The molecule has 1 aromatic carbocycles. The lowest BCUT2D eigenvalue weighted by Gasteiger charge is -2.31. The zero-order valence-corrected chi connectivity index (χ0v) is 13.6. The lowest BCUT2D eigenvalue weighted by molar-refractivity contribution is -0.132. The molecule has 0 bridgehead atoms. The van der Waals surface area contributed by atoms with Crippen LogP contribution in [-0.2, 0) is 16.0 Å². The Balaban J connectivity index is 1.80. The van der Waals surface area contributed by atoms with E-state index in [0.29, 0.717) is 18.8 Å². The lowest BCUT2D eigenvalue weighted by atomic mass is 9.93. The summed E-state index contributed by atoms with van der Waals surface area (Å²) >= 11 is 0. The number of aryl methyl sites for hydroxylation is 3. The first-order valence-electron chi connectivity index (χ1n) is 8.08. The number of hydrogen-bond donors (Lipinski definition) is 1. The van der Waals surface area contributed by atoms with Gasteiger partial charge in [-0.15, -0.1) is 0 Å². The number of likely N-dealkylation sites (tertiary alicyclic amines) is 1. The maximum Gasteiger partial charge on any atom is 0.222 e. The van der Waals surface area contributed by atoms with Gasteiger partial charge in [-0.3, -0.25) is 9.59 Å². The molecule has 2 rings (SSSR count). The Labute approximate surface area is 132 Å². The maximum atomic E-state index is 12.3. The zero-order chi connectivity index (χ0) is 16.1. The van der Waals surface area contributed by atoms with Gasteiger partial charge in [-0.2, -0.15) is 0 Å². The number of carbonyl (C=O) groups excluding carboxylic acids is 2. The molecular formula is C18H26N2O2. The van der Waals surface area contributed by atoms with E-state index in [4.69, 9.17) is 5.73 Å². The van der Waals surface area contributed by atoms with Crippen molar-refractivity contribution in [2.75, 3.05) is 13.1 Å². The fourth-order valence-corrected chi connectivity index (χ4v) is 3.20. The SMILES string of the molecule is Cc1ccc(CCC(=O)N2CCC(CC(N)=O)CC2)c(C)c1. The molecular weight excluding hydrogens is 276 g/mol. The van der Waals surface area contributed by atoms with Gasteiger partial charge >= 0.3 is 0 Å². The van der Waals surface area contributed by atoms with Crippen LogP contribution in [-0.4, -0.2) is 29.8 Å². The molecule has 1 fully saturated rings. The largest absolute Gasteiger partial charge is 0.370 e. The van der Waals surface area contributed by atoms with E-state index in [2.05, 4.69) is 32.0 Å². The van der Waals surface area contributed by atoms with E-state index in [1.54, 1.807) is 0 Å². The minimum absolute atomic E-state index is 0.220. The highest BCUT2D eigenvalue weighted by molar-refractivity contribution is 5.77. The summed E-state index contributed by atoms with van der Waals surface area (Å²) < 4.78 is 0. The number of piperidine rings is 1. The zero-order valence-electron chi connectivity index (χ0n) is 13.6. The molecule has 22 heavy (non-hydrogen) atoms. The summed E-state index contributed by atoms with van der Waals surface area (Å²) in [6, 6.07) is 6.38. The normalized spacial score (nSPS) is 15.8. The van der Waals surface area contributed by atoms with Crippen LogP contribution < -0.4 is 5.73 Å². The quantitative estimate of drug-likeness (QED) is 0.907. The lowest BCUT2D eigenvalue weighted by Crippen LogP contribution is -2.39. The number of carbonyl (C=O) groups is 2. The second-order valence-electron chi connectivity index (χ2n) is 6.42. The highest BCUT2D eigenvalue weighted by Gasteiger charge is 2.23. The molecule has 1 aliphatic heterocycles. The molecule has 4 nitrogen and oxygen atoms in total. The van der Waals surface area contributed by atoms with Crippen molar-refractivity contribution >= 4 is 11.8 Å². The smallest absolute Gasteiger partial charge is 0.222 e. The van der Waals surface area contributed by atoms with E-state index >= 15 is 0 Å². The van der Waals surface area contributed by atoms with Gasteiger partial charge in [0.25, 0.3) is 0 Å². The van der Waals surface area contributed by atoms with Gasteiger partial charge in [-0.05, 0) is 50.2 Å². The first-order valence-corrected chi connectivity index (χ1v) is 8.08. The highest BCUT2D eigenvalue weighted by Crippen LogP contribution is 2.21. The Morgan fingerprint density at radius 3 is 2.50 bits per heavy atom. The summed E-state index contributed by atoms with van der Waals surface area (Å²) in [7, 11) is 0. The fraction of sp³-hybridized carbons (Fsp3) is 0.556. The molecule has 0 spiro atoms. The minimum Gasteiger partial charge on any atom is -0.370 e. The van der Waals surface area contributed by atoms with Gasteiger partial charge in [0.2, 0.25) is 11.8 Å². The van der Waals surface area contributed by atoms with Crippen LogP contribution in [0.25, 0.3) is 0 Å². The van der Waals surface area contributed by atoms with Gasteiger partial charge in [0.05, 0.1) is 0 Å². The van der Waals surface area contributed by atoms with Crippen LogP contribution >= 0.6 is 0 Å². The molecule has 0 saturated carbocycles. The van der Waals surface area contributed by atoms with Crippen molar-refractivity contribution in [3.8, 4) is 0 Å².